The van der Waals surface area contributed by atoms with Crippen LogP contribution in [0.25, 0.3) is 11.0 Å². The van der Waals surface area contributed by atoms with Gasteiger partial charge in [0.1, 0.15) is 5.69 Å². The van der Waals surface area contributed by atoms with Crippen LogP contribution in [0.4, 0.5) is 0 Å². The van der Waals surface area contributed by atoms with Crippen LogP contribution in [0.1, 0.15) is 5.69 Å². The number of fused-ring (bicyclic) bond motifs is 1. The van der Waals surface area contributed by atoms with Crippen molar-refractivity contribution in [2.24, 2.45) is 0 Å². The van der Waals surface area contributed by atoms with Crippen LogP contribution < -0.4 is 4.72 Å². The molecule has 0 atom stereocenters. The molecule has 2 rings (SSSR count). The third kappa shape index (κ3) is 1.19. The van der Waals surface area contributed by atoms with Gasteiger partial charge in [-0.25, -0.2) is 0 Å². The molecule has 0 fully saturated rings. The predicted molar refractivity (Wildman–Crippen MR) is 49.8 cm³/mol. The quantitative estimate of drug-likeness (QED) is 0.692. The summed E-state index contributed by atoms with van der Waals surface area (Å²) in [5.74, 6) is 0. The molecule has 0 saturated carbocycles. The summed E-state index contributed by atoms with van der Waals surface area (Å²) in [5.41, 5.74) is 1.71. The first-order valence-electron chi connectivity index (χ1n) is 3.62. The zero-order valence-corrected chi connectivity index (χ0v) is 7.21. The van der Waals surface area contributed by atoms with Crippen molar-refractivity contribution < 1.29 is 4.52 Å². The highest BCUT2D eigenvalue weighted by molar-refractivity contribution is 7.78. The zero-order valence-electron chi connectivity index (χ0n) is 6.32. The van der Waals surface area contributed by atoms with Gasteiger partial charge in [-0.2, -0.15) is 0 Å². The summed E-state index contributed by atoms with van der Waals surface area (Å²) in [7, 11) is 0. The molecule has 12 heavy (non-hydrogen) atoms. The van der Waals surface area contributed by atoms with Crippen LogP contribution in [-0.2, 0) is 6.54 Å². The molecule has 2 aromatic rings. The molecule has 1 N–H and O–H groups in total. The van der Waals surface area contributed by atoms with E-state index in [1.54, 1.807) is 0 Å². The molecule has 1 aromatic heterocycles. The first kappa shape index (κ1) is 7.64. The average molecular weight is 180 g/mol. The van der Waals surface area contributed by atoms with Gasteiger partial charge >= 0.3 is 0 Å². The van der Waals surface area contributed by atoms with Crippen LogP contribution in [0.5, 0.6) is 0 Å². The molecule has 0 spiro atoms. The standard InChI is InChI=1S/C8H8N2OS/c12-9-5-7-6-3-1-2-4-8(6)11-10-7/h1-4,9,12H,5H2. The minimum atomic E-state index is 0.611. The van der Waals surface area contributed by atoms with Crippen LogP contribution in [0.2, 0.25) is 0 Å². The highest BCUT2D eigenvalue weighted by Crippen LogP contribution is 2.17. The van der Waals surface area contributed by atoms with Crippen LogP contribution in [0, 0.1) is 0 Å². The number of hydrogen-bond donors (Lipinski definition) is 2. The molecule has 0 aliphatic heterocycles. The molecule has 0 saturated heterocycles. The van der Waals surface area contributed by atoms with Crippen molar-refractivity contribution in [2.75, 3.05) is 0 Å². The van der Waals surface area contributed by atoms with Crippen LogP contribution in [0.3, 0.4) is 0 Å². The van der Waals surface area contributed by atoms with Crippen molar-refractivity contribution in [1.29, 1.82) is 0 Å². The maximum atomic E-state index is 5.08. The highest BCUT2D eigenvalue weighted by Gasteiger charge is 2.04. The van der Waals surface area contributed by atoms with E-state index < -0.39 is 0 Å². The van der Waals surface area contributed by atoms with Crippen molar-refractivity contribution in [3.63, 3.8) is 0 Å². The van der Waals surface area contributed by atoms with E-state index in [1.165, 1.54) is 0 Å². The Balaban J connectivity index is 2.55. The van der Waals surface area contributed by atoms with E-state index in [9.17, 15) is 0 Å². The summed E-state index contributed by atoms with van der Waals surface area (Å²) in [4.78, 5) is 0. The number of para-hydroxylation sites is 1. The smallest absolute Gasteiger partial charge is 0.167 e. The Labute approximate surface area is 75.3 Å². The summed E-state index contributed by atoms with van der Waals surface area (Å²) >= 11 is 3.90. The fourth-order valence-electron chi connectivity index (χ4n) is 1.14. The molecule has 0 unspecified atom stereocenters. The zero-order chi connectivity index (χ0) is 8.39. The molecule has 0 aliphatic rings. The number of nitrogens with one attached hydrogen (secondary N) is 1. The monoisotopic (exact) mass is 180 g/mol. The van der Waals surface area contributed by atoms with E-state index in [4.69, 9.17) is 4.52 Å². The van der Waals surface area contributed by atoms with Crippen molar-refractivity contribution in [1.82, 2.24) is 9.88 Å². The molecule has 62 valence electrons. The predicted octanol–water partition coefficient (Wildman–Crippen LogP) is 1.76. The molecule has 4 heteroatoms. The Morgan fingerprint density at radius 3 is 3.08 bits per heavy atom. The lowest BCUT2D eigenvalue weighted by Gasteiger charge is -1.90. The van der Waals surface area contributed by atoms with Gasteiger partial charge in [0, 0.05) is 5.39 Å². The van der Waals surface area contributed by atoms with Crippen LogP contribution in [-0.4, -0.2) is 5.16 Å². The van der Waals surface area contributed by atoms with Gasteiger partial charge in [-0.1, -0.05) is 30.1 Å². The fourth-order valence-corrected chi connectivity index (χ4v) is 1.29. The van der Waals surface area contributed by atoms with Gasteiger partial charge in [0.05, 0.1) is 6.54 Å². The molecule has 3 nitrogen and oxygen atoms in total. The van der Waals surface area contributed by atoms with Gasteiger partial charge in [0.2, 0.25) is 0 Å². The number of nitrogens with zero attached hydrogens (tertiary/aromatic N) is 1. The van der Waals surface area contributed by atoms with Gasteiger partial charge in [0.25, 0.3) is 0 Å². The molecule has 1 heterocycles. The Hall–Kier alpha value is -1.00. The summed E-state index contributed by atoms with van der Waals surface area (Å²) in [6, 6.07) is 7.75. The maximum Gasteiger partial charge on any atom is 0.167 e. The third-order valence-electron chi connectivity index (χ3n) is 1.70. The van der Waals surface area contributed by atoms with Gasteiger partial charge in [-0.3, -0.25) is 4.72 Å². The first-order chi connectivity index (χ1) is 5.92. The average Bonchev–Trinajstić information content (AvgIpc) is 2.50. The lowest BCUT2D eigenvalue weighted by atomic mass is 10.2. The lowest BCUT2D eigenvalue weighted by Crippen LogP contribution is -1.98. The normalized spacial score (nSPS) is 10.8. The molecule has 0 radical (unpaired) electrons. The maximum absolute atomic E-state index is 5.08. The Morgan fingerprint density at radius 1 is 1.42 bits per heavy atom. The summed E-state index contributed by atoms with van der Waals surface area (Å²) in [6.45, 7) is 0.611. The largest absolute Gasteiger partial charge is 0.356 e. The second-order valence-electron chi connectivity index (χ2n) is 2.46. The minimum absolute atomic E-state index is 0.611. The van der Waals surface area contributed by atoms with Gasteiger partial charge in [-0.15, -0.1) is 0 Å². The molecule has 0 bridgehead atoms. The van der Waals surface area contributed by atoms with E-state index in [2.05, 4.69) is 22.7 Å². The Morgan fingerprint density at radius 2 is 2.25 bits per heavy atom. The number of thiol groups is 1. The number of hydrogen-bond acceptors (Lipinski definition) is 4. The second-order valence-corrected chi connectivity index (χ2v) is 2.78. The molecule has 1 aromatic carbocycles. The lowest BCUT2D eigenvalue weighted by molar-refractivity contribution is 0.445. The summed E-state index contributed by atoms with van der Waals surface area (Å²) in [6.07, 6.45) is 0. The van der Waals surface area contributed by atoms with Crippen LogP contribution >= 0.6 is 12.8 Å². The Bertz CT molecular complexity index is 385. The topological polar surface area (TPSA) is 38.1 Å². The summed E-state index contributed by atoms with van der Waals surface area (Å²) in [5, 5.41) is 4.94. The first-order valence-corrected chi connectivity index (χ1v) is 4.07. The van der Waals surface area contributed by atoms with E-state index >= 15 is 0 Å². The number of rotatable bonds is 2. The molecular weight excluding hydrogens is 172 g/mol. The van der Waals surface area contributed by atoms with E-state index in [0.29, 0.717) is 6.54 Å². The molecule has 0 amide bonds. The van der Waals surface area contributed by atoms with Crippen LogP contribution in [0.15, 0.2) is 28.8 Å². The second kappa shape index (κ2) is 3.16. The van der Waals surface area contributed by atoms with Gasteiger partial charge in [-0.05, 0) is 12.1 Å². The molecule has 0 aliphatic carbocycles. The third-order valence-corrected chi connectivity index (χ3v) is 1.86. The van der Waals surface area contributed by atoms with Crippen molar-refractivity contribution in [2.45, 2.75) is 6.54 Å². The Kier molecular flexibility index (Phi) is 2.01. The molecular formula is C8H8N2OS. The van der Waals surface area contributed by atoms with E-state index in [0.717, 1.165) is 16.7 Å². The minimum Gasteiger partial charge on any atom is -0.356 e. The van der Waals surface area contributed by atoms with Gasteiger partial charge < -0.3 is 4.52 Å². The van der Waals surface area contributed by atoms with E-state index in [-0.39, 0.29) is 0 Å². The van der Waals surface area contributed by atoms with Crippen molar-refractivity contribution in [3.05, 3.63) is 30.0 Å². The van der Waals surface area contributed by atoms with E-state index in [1.807, 2.05) is 24.3 Å². The van der Waals surface area contributed by atoms with Gasteiger partial charge in [0.15, 0.2) is 5.58 Å². The fraction of sp³-hybridized carbons (Fsp3) is 0.125. The SMILES string of the molecule is SNCc1noc2ccccc12. The summed E-state index contributed by atoms with van der Waals surface area (Å²) < 4.78 is 7.81. The number of aromatic nitrogens is 1. The number of benzene rings is 1. The van der Waals surface area contributed by atoms with Crippen molar-refractivity contribution >= 4 is 23.8 Å². The highest BCUT2D eigenvalue weighted by atomic mass is 32.1. The van der Waals surface area contributed by atoms with Crippen molar-refractivity contribution in [3.8, 4) is 0 Å².